The summed E-state index contributed by atoms with van der Waals surface area (Å²) < 4.78 is 17.4. The quantitative estimate of drug-likeness (QED) is 0.308. The zero-order valence-corrected chi connectivity index (χ0v) is 19.8. The Morgan fingerprint density at radius 2 is 2.00 bits per heavy atom. The molecule has 1 unspecified atom stereocenters. The summed E-state index contributed by atoms with van der Waals surface area (Å²) in [5.74, 6) is 1.01. The van der Waals surface area contributed by atoms with Crippen LogP contribution in [0.2, 0.25) is 0 Å². The van der Waals surface area contributed by atoms with Gasteiger partial charge in [0.2, 0.25) is 11.0 Å². The van der Waals surface area contributed by atoms with Crippen LogP contribution in [-0.4, -0.2) is 45.2 Å². The predicted octanol–water partition coefficient (Wildman–Crippen LogP) is 4.80. The molecule has 1 atom stereocenters. The molecule has 0 saturated heterocycles. The lowest BCUT2D eigenvalue weighted by molar-refractivity contribution is -0.139. The molecule has 2 heterocycles. The van der Waals surface area contributed by atoms with E-state index in [1.807, 2.05) is 31.2 Å². The molecule has 0 saturated carbocycles. The fourth-order valence-corrected chi connectivity index (χ4v) is 4.24. The molecule has 178 valence electrons. The summed E-state index contributed by atoms with van der Waals surface area (Å²) in [7, 11) is 0. The van der Waals surface area contributed by atoms with Gasteiger partial charge < -0.3 is 24.6 Å². The second-order valence-electron chi connectivity index (χ2n) is 7.46. The van der Waals surface area contributed by atoms with Gasteiger partial charge in [-0.3, -0.25) is 0 Å². The molecule has 0 fully saturated rings. The fourth-order valence-electron chi connectivity index (χ4n) is 3.38. The molecule has 2 N–H and O–H groups in total. The van der Waals surface area contributed by atoms with Crippen LogP contribution in [0, 0.1) is 0 Å². The molecule has 2 aromatic carbocycles. The highest BCUT2D eigenvalue weighted by atomic mass is 32.2. The number of carbonyl (C=O) groups is 1. The van der Waals surface area contributed by atoms with Gasteiger partial charge >= 0.3 is 5.97 Å². The zero-order chi connectivity index (χ0) is 23.9. The number of ether oxygens (including phenoxy) is 3. The molecule has 3 aromatic rings. The van der Waals surface area contributed by atoms with E-state index in [9.17, 15) is 4.79 Å². The molecule has 4 rings (SSSR count). The number of aromatic nitrogens is 3. The van der Waals surface area contributed by atoms with Crippen molar-refractivity contribution < 1.29 is 24.1 Å². The minimum Gasteiger partial charge on any atom is -0.490 e. The van der Waals surface area contributed by atoms with E-state index in [1.54, 1.807) is 30.0 Å². The summed E-state index contributed by atoms with van der Waals surface area (Å²) in [5.41, 5.74) is 3.00. The van der Waals surface area contributed by atoms with E-state index in [-0.39, 0.29) is 0 Å². The topological polar surface area (TPSA) is 116 Å². The van der Waals surface area contributed by atoms with Crippen LogP contribution in [0.5, 0.6) is 17.4 Å². The van der Waals surface area contributed by atoms with Crippen LogP contribution in [0.15, 0.2) is 47.6 Å². The number of hydrogen-bond acceptors (Lipinski definition) is 9. The van der Waals surface area contributed by atoms with E-state index < -0.39 is 18.8 Å². The van der Waals surface area contributed by atoms with Crippen molar-refractivity contribution in [2.75, 3.05) is 24.3 Å². The van der Waals surface area contributed by atoms with Crippen molar-refractivity contribution in [3.8, 4) is 28.6 Å². The molecular formula is C24H26N4O5S. The Morgan fingerprint density at radius 1 is 1.15 bits per heavy atom. The number of benzene rings is 2. The van der Waals surface area contributed by atoms with Crippen LogP contribution >= 0.6 is 11.8 Å². The monoisotopic (exact) mass is 482 g/mol. The minimum atomic E-state index is -1.06. The van der Waals surface area contributed by atoms with Crippen LogP contribution in [0.3, 0.4) is 0 Å². The summed E-state index contributed by atoms with van der Waals surface area (Å²) in [4.78, 5) is 15.6. The normalized spacial score (nSPS) is 14.1. The lowest BCUT2D eigenvalue weighted by atomic mass is 10.1. The average molecular weight is 483 g/mol. The third-order valence-electron chi connectivity index (χ3n) is 4.98. The maximum atomic E-state index is 10.9. The summed E-state index contributed by atoms with van der Waals surface area (Å²) >= 11 is 1.55. The summed E-state index contributed by atoms with van der Waals surface area (Å²) in [6, 6.07) is 13.0. The van der Waals surface area contributed by atoms with Crippen LogP contribution in [0.25, 0.3) is 11.3 Å². The maximum absolute atomic E-state index is 10.9. The number of anilines is 1. The first kappa shape index (κ1) is 23.6. The van der Waals surface area contributed by atoms with Crippen molar-refractivity contribution in [2.24, 2.45) is 0 Å². The zero-order valence-electron chi connectivity index (χ0n) is 19.0. The largest absolute Gasteiger partial charge is 0.490 e. The first-order valence-corrected chi connectivity index (χ1v) is 12.1. The Hall–Kier alpha value is -3.53. The molecule has 0 bridgehead atoms. The van der Waals surface area contributed by atoms with Gasteiger partial charge in [-0.2, -0.15) is 4.98 Å². The van der Waals surface area contributed by atoms with E-state index in [1.165, 1.54) is 0 Å². The molecule has 10 heteroatoms. The number of rotatable bonds is 10. The molecule has 0 amide bonds. The van der Waals surface area contributed by atoms with Crippen molar-refractivity contribution in [1.82, 2.24) is 15.2 Å². The van der Waals surface area contributed by atoms with Gasteiger partial charge in [-0.05, 0) is 37.6 Å². The highest BCUT2D eigenvalue weighted by Crippen LogP contribution is 2.40. The molecule has 34 heavy (non-hydrogen) atoms. The van der Waals surface area contributed by atoms with Crippen molar-refractivity contribution in [3.05, 3.63) is 48.0 Å². The van der Waals surface area contributed by atoms with Gasteiger partial charge in [0.15, 0.2) is 30.0 Å². The molecule has 0 spiro atoms. The van der Waals surface area contributed by atoms with E-state index >= 15 is 0 Å². The number of nitrogens with one attached hydrogen (secondary N) is 1. The minimum absolute atomic E-state index is 0.348. The third-order valence-corrected chi connectivity index (χ3v) is 5.91. The SMILES string of the molecule is CCCCSc1nnc2c(n1)OC(c1ccc(OCC(=O)O)c(OCC)c1)Nc1ccccc1-2. The number of unbranched alkanes of at least 4 members (excludes halogenated alkanes) is 1. The van der Waals surface area contributed by atoms with Gasteiger partial charge in [0.25, 0.3) is 0 Å². The molecule has 1 aliphatic heterocycles. The Kier molecular flexibility index (Phi) is 7.69. The van der Waals surface area contributed by atoms with Gasteiger partial charge in [0.1, 0.15) is 0 Å². The summed E-state index contributed by atoms with van der Waals surface area (Å²) in [5, 5.41) is 21.6. The number of nitrogens with zero attached hydrogens (tertiary/aromatic N) is 3. The van der Waals surface area contributed by atoms with Gasteiger partial charge in [-0.15, -0.1) is 10.2 Å². The molecule has 1 aromatic heterocycles. The third kappa shape index (κ3) is 5.51. The highest BCUT2D eigenvalue weighted by molar-refractivity contribution is 7.99. The average Bonchev–Trinajstić information content (AvgIpc) is 3.00. The lowest BCUT2D eigenvalue weighted by Crippen LogP contribution is -2.17. The highest BCUT2D eigenvalue weighted by Gasteiger charge is 2.27. The summed E-state index contributed by atoms with van der Waals surface area (Å²) in [6.45, 7) is 3.93. The standard InChI is InChI=1S/C24H26N4O5S/c1-3-5-12-34-24-26-23-21(27-28-24)16-8-6-7-9-17(16)25-22(33-23)15-10-11-18(32-14-20(29)30)19(13-15)31-4-2/h6-11,13,22,25H,3-5,12,14H2,1-2H3,(H,29,30). The van der Waals surface area contributed by atoms with Crippen molar-refractivity contribution >= 4 is 23.4 Å². The molecular weight excluding hydrogens is 456 g/mol. The van der Waals surface area contributed by atoms with E-state index in [4.69, 9.17) is 19.3 Å². The number of hydrogen-bond donors (Lipinski definition) is 2. The van der Waals surface area contributed by atoms with Crippen LogP contribution < -0.4 is 19.5 Å². The van der Waals surface area contributed by atoms with Gasteiger partial charge in [0, 0.05) is 22.6 Å². The van der Waals surface area contributed by atoms with Crippen molar-refractivity contribution in [3.63, 3.8) is 0 Å². The summed E-state index contributed by atoms with van der Waals surface area (Å²) in [6.07, 6.45) is 1.56. The molecule has 0 aliphatic carbocycles. The number of thioether (sulfide) groups is 1. The fraction of sp³-hybridized carbons (Fsp3) is 0.333. The van der Waals surface area contributed by atoms with Crippen LogP contribution in [0.1, 0.15) is 38.5 Å². The van der Waals surface area contributed by atoms with Crippen LogP contribution in [-0.2, 0) is 4.79 Å². The Morgan fingerprint density at radius 3 is 2.79 bits per heavy atom. The number of fused-ring (bicyclic) bond motifs is 3. The van der Waals surface area contributed by atoms with Crippen molar-refractivity contribution in [1.29, 1.82) is 0 Å². The smallest absolute Gasteiger partial charge is 0.341 e. The number of carboxylic acid groups (broad SMARTS) is 1. The maximum Gasteiger partial charge on any atom is 0.341 e. The van der Waals surface area contributed by atoms with E-state index in [0.29, 0.717) is 34.8 Å². The van der Waals surface area contributed by atoms with Gasteiger partial charge in [-0.25, -0.2) is 4.79 Å². The molecule has 1 aliphatic rings. The van der Waals surface area contributed by atoms with E-state index in [0.717, 1.165) is 35.4 Å². The number of carboxylic acids is 1. The first-order chi connectivity index (χ1) is 16.6. The second-order valence-corrected chi connectivity index (χ2v) is 8.52. The van der Waals surface area contributed by atoms with Gasteiger partial charge in [-0.1, -0.05) is 43.3 Å². The predicted molar refractivity (Wildman–Crippen MR) is 129 cm³/mol. The number of aliphatic carboxylic acids is 1. The molecule has 0 radical (unpaired) electrons. The molecule has 9 nitrogen and oxygen atoms in total. The van der Waals surface area contributed by atoms with Gasteiger partial charge in [0.05, 0.1) is 6.61 Å². The lowest BCUT2D eigenvalue weighted by Gasteiger charge is -2.21. The Balaban J connectivity index is 1.69. The Bertz CT molecular complexity index is 1160. The second kappa shape index (κ2) is 11.1. The van der Waals surface area contributed by atoms with Crippen LogP contribution in [0.4, 0.5) is 5.69 Å². The van der Waals surface area contributed by atoms with E-state index in [2.05, 4.69) is 27.4 Å². The Labute approximate surface area is 201 Å². The van der Waals surface area contributed by atoms with Crippen molar-refractivity contribution in [2.45, 2.75) is 38.1 Å². The first-order valence-electron chi connectivity index (χ1n) is 11.1. The number of para-hydroxylation sites is 1.